The van der Waals surface area contributed by atoms with E-state index in [4.69, 9.17) is 16.0 Å². The second-order valence-electron chi connectivity index (χ2n) is 8.20. The highest BCUT2D eigenvalue weighted by Gasteiger charge is 2.26. The zero-order chi connectivity index (χ0) is 22.1. The molecule has 3 heterocycles. The Hall–Kier alpha value is -3.15. The summed E-state index contributed by atoms with van der Waals surface area (Å²) in [6.45, 7) is 1.40. The second-order valence-corrected chi connectivity index (χ2v) is 8.64. The Morgan fingerprint density at radius 1 is 1.12 bits per heavy atom. The number of piperidine rings is 1. The van der Waals surface area contributed by atoms with Crippen molar-refractivity contribution in [2.45, 2.75) is 31.8 Å². The fourth-order valence-electron chi connectivity index (χ4n) is 4.55. The molecule has 6 heteroatoms. The van der Waals surface area contributed by atoms with Crippen LogP contribution in [0.4, 0.5) is 0 Å². The Kier molecular flexibility index (Phi) is 5.68. The van der Waals surface area contributed by atoms with E-state index in [1.165, 1.54) is 5.56 Å². The van der Waals surface area contributed by atoms with Crippen LogP contribution in [0.5, 0.6) is 5.75 Å². The van der Waals surface area contributed by atoms with Gasteiger partial charge in [0.2, 0.25) is 0 Å². The molecule has 32 heavy (non-hydrogen) atoms. The smallest absolute Gasteiger partial charge is 0.344 e. The van der Waals surface area contributed by atoms with E-state index in [1.807, 2.05) is 18.3 Å². The lowest BCUT2D eigenvalue weighted by atomic mass is 9.95. The number of rotatable bonds is 4. The molecule has 0 saturated carbocycles. The Balaban J connectivity index is 1.55. The largest absolute Gasteiger partial charge is 0.507 e. The predicted octanol–water partition coefficient (Wildman–Crippen LogP) is 5.94. The van der Waals surface area contributed by atoms with Crippen LogP contribution in [-0.4, -0.2) is 21.5 Å². The first-order valence-corrected chi connectivity index (χ1v) is 11.2. The van der Waals surface area contributed by atoms with Crippen molar-refractivity contribution in [2.75, 3.05) is 6.54 Å². The summed E-state index contributed by atoms with van der Waals surface area (Å²) in [5.74, 6) is 0.135. The van der Waals surface area contributed by atoms with Crippen LogP contribution in [0.3, 0.4) is 0 Å². The maximum Gasteiger partial charge on any atom is 0.344 e. The summed E-state index contributed by atoms with van der Waals surface area (Å²) in [5.41, 5.74) is 3.01. The van der Waals surface area contributed by atoms with E-state index in [0.717, 1.165) is 36.8 Å². The number of nitrogens with zero attached hydrogens (tertiary/aromatic N) is 2. The fraction of sp³-hybridized carbons (Fsp3) is 0.231. The third kappa shape index (κ3) is 4.01. The molecule has 2 aromatic carbocycles. The topological polar surface area (TPSA) is 66.6 Å². The average Bonchev–Trinajstić information content (AvgIpc) is 2.82. The summed E-state index contributed by atoms with van der Waals surface area (Å²) in [7, 11) is 0. The molecule has 1 aliphatic heterocycles. The van der Waals surface area contributed by atoms with E-state index in [0.29, 0.717) is 28.3 Å². The van der Waals surface area contributed by atoms with E-state index in [2.05, 4.69) is 16.0 Å². The number of likely N-dealkylation sites (tertiary alicyclic amines) is 1. The van der Waals surface area contributed by atoms with Crippen molar-refractivity contribution in [1.82, 2.24) is 9.88 Å². The van der Waals surface area contributed by atoms with Gasteiger partial charge in [0, 0.05) is 35.4 Å². The number of benzene rings is 2. The Morgan fingerprint density at radius 2 is 1.97 bits per heavy atom. The van der Waals surface area contributed by atoms with Crippen LogP contribution in [0.2, 0.25) is 5.02 Å². The lowest BCUT2D eigenvalue weighted by Gasteiger charge is -2.36. The molecule has 2 aromatic heterocycles. The molecule has 1 fully saturated rings. The molecule has 1 N–H and O–H groups in total. The summed E-state index contributed by atoms with van der Waals surface area (Å²) in [6.07, 6.45) is 6.95. The number of aromatic nitrogens is 1. The molecular formula is C26H23ClN2O3. The Bertz CT molecular complexity index is 1300. The Labute approximate surface area is 190 Å². The number of phenols is 1. The summed E-state index contributed by atoms with van der Waals surface area (Å²) in [5, 5.41) is 12.1. The van der Waals surface area contributed by atoms with Crippen molar-refractivity contribution in [2.24, 2.45) is 0 Å². The Morgan fingerprint density at radius 3 is 2.75 bits per heavy atom. The van der Waals surface area contributed by atoms with Crippen molar-refractivity contribution >= 4 is 22.6 Å². The third-order valence-electron chi connectivity index (χ3n) is 6.18. The zero-order valence-corrected chi connectivity index (χ0v) is 18.3. The molecule has 0 unspecified atom stereocenters. The molecule has 0 aliphatic carbocycles. The van der Waals surface area contributed by atoms with Gasteiger partial charge in [0.25, 0.3) is 0 Å². The lowest BCUT2D eigenvalue weighted by molar-refractivity contribution is 0.139. The second kappa shape index (κ2) is 8.77. The number of halogens is 1. The molecule has 0 radical (unpaired) electrons. The van der Waals surface area contributed by atoms with Gasteiger partial charge in [-0.15, -0.1) is 0 Å². The van der Waals surface area contributed by atoms with E-state index in [9.17, 15) is 9.90 Å². The monoisotopic (exact) mass is 446 g/mol. The maximum absolute atomic E-state index is 12.9. The van der Waals surface area contributed by atoms with Gasteiger partial charge < -0.3 is 9.52 Å². The van der Waals surface area contributed by atoms with Gasteiger partial charge in [-0.2, -0.15) is 0 Å². The minimum atomic E-state index is -0.436. The first-order valence-electron chi connectivity index (χ1n) is 10.8. The normalized spacial score (nSPS) is 17.0. The van der Waals surface area contributed by atoms with E-state index >= 15 is 0 Å². The zero-order valence-electron chi connectivity index (χ0n) is 17.5. The van der Waals surface area contributed by atoms with Gasteiger partial charge in [0.05, 0.1) is 11.1 Å². The summed E-state index contributed by atoms with van der Waals surface area (Å²) < 4.78 is 5.78. The average molecular weight is 447 g/mol. The summed E-state index contributed by atoms with van der Waals surface area (Å²) in [6, 6.07) is 16.6. The van der Waals surface area contributed by atoms with Crippen LogP contribution >= 0.6 is 11.6 Å². The van der Waals surface area contributed by atoms with E-state index in [-0.39, 0.29) is 11.8 Å². The molecule has 0 bridgehead atoms. The van der Waals surface area contributed by atoms with E-state index in [1.54, 1.807) is 42.6 Å². The minimum absolute atomic E-state index is 0.135. The molecule has 0 amide bonds. The third-order valence-corrected chi connectivity index (χ3v) is 6.43. The van der Waals surface area contributed by atoms with Crippen LogP contribution in [-0.2, 0) is 6.54 Å². The van der Waals surface area contributed by atoms with Crippen LogP contribution in [0.15, 0.2) is 76.2 Å². The fourth-order valence-corrected chi connectivity index (χ4v) is 4.68. The quantitative estimate of drug-likeness (QED) is 0.393. The molecule has 0 spiro atoms. The van der Waals surface area contributed by atoms with Gasteiger partial charge in [-0.1, -0.05) is 36.2 Å². The number of pyridine rings is 1. The van der Waals surface area contributed by atoms with Crippen LogP contribution in [0, 0.1) is 0 Å². The summed E-state index contributed by atoms with van der Waals surface area (Å²) >= 11 is 5.98. The van der Waals surface area contributed by atoms with Crippen molar-refractivity contribution in [1.29, 1.82) is 0 Å². The number of hydrogen-bond acceptors (Lipinski definition) is 5. The molecule has 5 nitrogen and oxygen atoms in total. The first kappa shape index (κ1) is 20.7. The number of phenolic OH excluding ortho intramolecular Hbond substituents is 1. The first-order chi connectivity index (χ1) is 15.6. The van der Waals surface area contributed by atoms with Gasteiger partial charge in [0.15, 0.2) is 0 Å². The SMILES string of the molecule is O=c1oc2c(CN3CCCC[C@H]3c3cccnc3)c(O)ccc2cc1-c1ccc(Cl)cc1. The highest BCUT2D eigenvalue weighted by atomic mass is 35.5. The van der Waals surface area contributed by atoms with Gasteiger partial charge >= 0.3 is 5.63 Å². The van der Waals surface area contributed by atoms with Crippen molar-refractivity contribution in [3.8, 4) is 16.9 Å². The predicted molar refractivity (Wildman–Crippen MR) is 126 cm³/mol. The standard InChI is InChI=1S/C26H23ClN2O3/c27-20-9-6-17(7-10-20)21-14-18-8-11-24(30)22(25(18)32-26(21)31)16-29-13-2-1-5-23(29)19-4-3-12-28-15-19/h3-4,6-12,14-15,23,30H,1-2,5,13,16H2/t23-/m0/s1. The molecule has 1 aliphatic rings. The maximum atomic E-state index is 12.9. The molecule has 4 aromatic rings. The number of aromatic hydroxyl groups is 1. The number of hydrogen-bond donors (Lipinski definition) is 1. The van der Waals surface area contributed by atoms with Crippen molar-refractivity contribution in [3.05, 3.63) is 93.6 Å². The number of fused-ring (bicyclic) bond motifs is 1. The van der Waals surface area contributed by atoms with Crippen LogP contribution < -0.4 is 5.63 Å². The highest BCUT2D eigenvalue weighted by molar-refractivity contribution is 6.30. The molecular weight excluding hydrogens is 424 g/mol. The molecule has 1 saturated heterocycles. The molecule has 1 atom stereocenters. The molecule has 5 rings (SSSR count). The van der Waals surface area contributed by atoms with Crippen LogP contribution in [0.25, 0.3) is 22.1 Å². The van der Waals surface area contributed by atoms with Gasteiger partial charge in [-0.3, -0.25) is 9.88 Å². The van der Waals surface area contributed by atoms with Gasteiger partial charge in [-0.05, 0) is 66.9 Å². The van der Waals surface area contributed by atoms with Gasteiger partial charge in [0.1, 0.15) is 11.3 Å². The van der Waals surface area contributed by atoms with Crippen molar-refractivity contribution < 1.29 is 9.52 Å². The molecule has 162 valence electrons. The van der Waals surface area contributed by atoms with Crippen molar-refractivity contribution in [3.63, 3.8) is 0 Å². The van der Waals surface area contributed by atoms with Crippen LogP contribution in [0.1, 0.15) is 36.4 Å². The highest BCUT2D eigenvalue weighted by Crippen LogP contribution is 2.36. The lowest BCUT2D eigenvalue weighted by Crippen LogP contribution is -2.33. The minimum Gasteiger partial charge on any atom is -0.507 e. The van der Waals surface area contributed by atoms with Gasteiger partial charge in [-0.25, -0.2) is 4.79 Å². The summed E-state index contributed by atoms with van der Waals surface area (Å²) in [4.78, 5) is 19.5. The van der Waals surface area contributed by atoms with E-state index < -0.39 is 5.63 Å².